The normalized spacial score (nSPS) is 29.8. The number of Topliss-reactive ketones (excluding diaryl/α,β-unsaturated/α-hetero) is 2. The molecule has 4 heteroatoms. The summed E-state index contributed by atoms with van der Waals surface area (Å²) in [6, 6.07) is 7.44. The van der Waals surface area contributed by atoms with Crippen LogP contribution in [0, 0.1) is 23.7 Å². The average molecular weight is 285 g/mol. The number of ketones is 2. The molecule has 0 heterocycles. The van der Waals surface area contributed by atoms with Crippen molar-refractivity contribution in [3.8, 4) is 0 Å². The molecule has 1 N–H and O–H groups in total. The number of hydrogen-bond acceptors (Lipinski definition) is 3. The fourth-order valence-corrected chi connectivity index (χ4v) is 4.04. The maximum atomic E-state index is 12.8. The minimum absolute atomic E-state index is 0.312. The van der Waals surface area contributed by atoms with Crippen molar-refractivity contribution in [3.05, 3.63) is 29.8 Å². The first kappa shape index (κ1) is 14.0. The van der Waals surface area contributed by atoms with E-state index in [-0.39, 0.29) is 17.6 Å². The zero-order valence-corrected chi connectivity index (χ0v) is 12.5. The second-order valence-electron chi connectivity index (χ2n) is 6.74. The van der Waals surface area contributed by atoms with Crippen LogP contribution in [0.3, 0.4) is 0 Å². The van der Waals surface area contributed by atoms with Gasteiger partial charge in [-0.15, -0.1) is 0 Å². The third kappa shape index (κ3) is 1.65. The van der Waals surface area contributed by atoms with E-state index in [0.717, 1.165) is 5.56 Å². The molecule has 2 saturated carbocycles. The number of amides is 1. The fraction of sp³-hybridized carbons (Fsp3) is 0.471. The highest BCUT2D eigenvalue weighted by molar-refractivity contribution is 6.48. The highest BCUT2D eigenvalue weighted by Gasteiger charge is 2.72. The maximum Gasteiger partial charge on any atom is 0.239 e. The van der Waals surface area contributed by atoms with E-state index in [4.69, 9.17) is 0 Å². The molecule has 1 amide bonds. The molecule has 2 atom stereocenters. The van der Waals surface area contributed by atoms with Gasteiger partial charge in [-0.05, 0) is 42.9 Å². The lowest BCUT2D eigenvalue weighted by Crippen LogP contribution is -2.47. The van der Waals surface area contributed by atoms with Crippen molar-refractivity contribution in [2.45, 2.75) is 33.6 Å². The van der Waals surface area contributed by atoms with Crippen molar-refractivity contribution in [2.24, 2.45) is 16.7 Å². The van der Waals surface area contributed by atoms with Gasteiger partial charge in [-0.1, -0.05) is 26.0 Å². The van der Waals surface area contributed by atoms with Gasteiger partial charge in [0.15, 0.2) is 0 Å². The van der Waals surface area contributed by atoms with E-state index in [0.29, 0.717) is 18.5 Å². The van der Waals surface area contributed by atoms with Crippen LogP contribution in [0.4, 0.5) is 5.69 Å². The van der Waals surface area contributed by atoms with Gasteiger partial charge in [0.05, 0.1) is 0 Å². The van der Waals surface area contributed by atoms with Crippen LogP contribution in [-0.2, 0) is 14.4 Å². The van der Waals surface area contributed by atoms with Gasteiger partial charge in [-0.3, -0.25) is 14.4 Å². The lowest BCUT2D eigenvalue weighted by molar-refractivity contribution is -0.147. The van der Waals surface area contributed by atoms with Gasteiger partial charge in [0.2, 0.25) is 17.5 Å². The molecule has 2 aliphatic rings. The van der Waals surface area contributed by atoms with Crippen LogP contribution < -0.4 is 5.32 Å². The Morgan fingerprint density at radius 2 is 2.00 bits per heavy atom. The second-order valence-corrected chi connectivity index (χ2v) is 6.74. The Kier molecular flexibility index (Phi) is 2.84. The molecule has 2 unspecified atom stereocenters. The van der Waals surface area contributed by atoms with Crippen molar-refractivity contribution in [3.63, 3.8) is 0 Å². The van der Waals surface area contributed by atoms with Crippen LogP contribution in [0.2, 0.25) is 0 Å². The second kappa shape index (κ2) is 4.26. The zero-order valence-electron chi connectivity index (χ0n) is 12.5. The van der Waals surface area contributed by atoms with Crippen LogP contribution in [0.1, 0.15) is 32.3 Å². The molecule has 4 nitrogen and oxygen atoms in total. The van der Waals surface area contributed by atoms with Crippen LogP contribution >= 0.6 is 0 Å². The first-order valence-electron chi connectivity index (χ1n) is 7.27. The van der Waals surface area contributed by atoms with Gasteiger partial charge in [-0.2, -0.15) is 0 Å². The van der Waals surface area contributed by atoms with Crippen LogP contribution in [0.5, 0.6) is 0 Å². The molecule has 0 radical (unpaired) electrons. The zero-order chi connectivity index (χ0) is 15.4. The van der Waals surface area contributed by atoms with E-state index >= 15 is 0 Å². The Balaban J connectivity index is 1.97. The molecule has 0 aromatic heterocycles. The number of carbonyl (C=O) groups excluding carboxylic acids is 3. The summed E-state index contributed by atoms with van der Waals surface area (Å²) in [6.07, 6.45) is 1.09. The van der Waals surface area contributed by atoms with Crippen molar-refractivity contribution in [2.75, 3.05) is 5.32 Å². The lowest BCUT2D eigenvalue weighted by atomic mass is 9.68. The third-order valence-electron chi connectivity index (χ3n) is 5.37. The van der Waals surface area contributed by atoms with E-state index in [9.17, 15) is 14.4 Å². The fourth-order valence-electron chi connectivity index (χ4n) is 4.04. The van der Waals surface area contributed by atoms with Gasteiger partial charge >= 0.3 is 0 Å². The van der Waals surface area contributed by atoms with Crippen LogP contribution in [0.25, 0.3) is 0 Å². The van der Waals surface area contributed by atoms with Crippen LogP contribution in [0.15, 0.2) is 24.3 Å². The number of anilines is 1. The average Bonchev–Trinajstić information content (AvgIpc) is 2.75. The van der Waals surface area contributed by atoms with Gasteiger partial charge in [0.1, 0.15) is 5.41 Å². The predicted molar refractivity (Wildman–Crippen MR) is 78.8 cm³/mol. The standard InChI is InChI=1S/C17H19NO3/c1-10-5-4-6-11(9-10)18-15(21)17-8-7-12(16(17,2)3)13(19)14(17)20/h4-6,9,12H,7-8H2,1-3H3,(H,18,21). The Morgan fingerprint density at radius 1 is 1.29 bits per heavy atom. The summed E-state index contributed by atoms with van der Waals surface area (Å²) in [5.41, 5.74) is -0.100. The number of fused-ring (bicyclic) bond motifs is 2. The molecule has 0 spiro atoms. The lowest BCUT2D eigenvalue weighted by Gasteiger charge is -2.33. The molecular formula is C17H19NO3. The molecule has 3 rings (SSSR count). The number of rotatable bonds is 2. The van der Waals surface area contributed by atoms with Crippen LogP contribution in [-0.4, -0.2) is 17.5 Å². The Morgan fingerprint density at radius 3 is 2.57 bits per heavy atom. The Hall–Kier alpha value is -1.97. The van der Waals surface area contributed by atoms with E-state index in [1.807, 2.05) is 39.0 Å². The topological polar surface area (TPSA) is 63.2 Å². The molecule has 1 aromatic rings. The number of hydrogen-bond donors (Lipinski definition) is 1. The van der Waals surface area contributed by atoms with E-state index in [1.165, 1.54) is 0 Å². The SMILES string of the molecule is Cc1cccc(NC(=O)C23CCC(C(=O)C2=O)C3(C)C)c1. The number of nitrogens with one attached hydrogen (secondary N) is 1. The minimum atomic E-state index is -1.20. The Labute approximate surface area is 123 Å². The van der Waals surface area contributed by atoms with Crippen molar-refractivity contribution >= 4 is 23.2 Å². The van der Waals surface area contributed by atoms with Gasteiger partial charge in [0.25, 0.3) is 0 Å². The number of aryl methyl sites for hydroxylation is 1. The summed E-state index contributed by atoms with van der Waals surface area (Å²) >= 11 is 0. The highest BCUT2D eigenvalue weighted by atomic mass is 16.2. The number of carbonyl (C=O) groups is 3. The summed E-state index contributed by atoms with van der Waals surface area (Å²) in [6.45, 7) is 5.67. The number of benzene rings is 1. The van der Waals surface area contributed by atoms with Gasteiger partial charge in [-0.25, -0.2) is 0 Å². The summed E-state index contributed by atoms with van der Waals surface area (Å²) in [7, 11) is 0. The Bertz CT molecular complexity index is 662. The molecule has 110 valence electrons. The summed E-state index contributed by atoms with van der Waals surface area (Å²) in [5, 5.41) is 2.84. The van der Waals surface area contributed by atoms with E-state index < -0.39 is 16.6 Å². The summed E-state index contributed by atoms with van der Waals surface area (Å²) in [4.78, 5) is 37.3. The maximum absolute atomic E-state index is 12.8. The first-order valence-corrected chi connectivity index (χ1v) is 7.27. The molecular weight excluding hydrogens is 266 g/mol. The smallest absolute Gasteiger partial charge is 0.239 e. The highest BCUT2D eigenvalue weighted by Crippen LogP contribution is 2.62. The summed E-state index contributed by atoms with van der Waals surface area (Å²) in [5.74, 6) is -1.52. The molecule has 0 saturated heterocycles. The molecule has 0 aliphatic heterocycles. The quantitative estimate of drug-likeness (QED) is 0.671. The van der Waals surface area contributed by atoms with E-state index in [1.54, 1.807) is 6.07 Å². The first-order chi connectivity index (χ1) is 9.80. The van der Waals surface area contributed by atoms with Gasteiger partial charge in [0, 0.05) is 11.6 Å². The van der Waals surface area contributed by atoms with Crippen molar-refractivity contribution in [1.29, 1.82) is 0 Å². The predicted octanol–water partition coefficient (Wildman–Crippen LogP) is 2.51. The van der Waals surface area contributed by atoms with Gasteiger partial charge < -0.3 is 5.32 Å². The third-order valence-corrected chi connectivity index (χ3v) is 5.37. The molecule has 21 heavy (non-hydrogen) atoms. The molecule has 2 fully saturated rings. The largest absolute Gasteiger partial charge is 0.325 e. The van der Waals surface area contributed by atoms with Crippen molar-refractivity contribution < 1.29 is 14.4 Å². The van der Waals surface area contributed by atoms with Crippen molar-refractivity contribution in [1.82, 2.24) is 0 Å². The monoisotopic (exact) mass is 285 g/mol. The molecule has 2 aliphatic carbocycles. The van der Waals surface area contributed by atoms with E-state index in [2.05, 4.69) is 5.32 Å². The minimum Gasteiger partial charge on any atom is -0.325 e. The summed E-state index contributed by atoms with van der Waals surface area (Å²) < 4.78 is 0. The molecule has 1 aromatic carbocycles. The molecule has 2 bridgehead atoms.